The van der Waals surface area contributed by atoms with Gasteiger partial charge in [-0.2, -0.15) is 0 Å². The highest BCUT2D eigenvalue weighted by molar-refractivity contribution is 5.79. The van der Waals surface area contributed by atoms with Gasteiger partial charge in [0.25, 0.3) is 0 Å². The summed E-state index contributed by atoms with van der Waals surface area (Å²) >= 11 is 0. The van der Waals surface area contributed by atoms with Crippen molar-refractivity contribution in [3.05, 3.63) is 29.3 Å². The van der Waals surface area contributed by atoms with Crippen molar-refractivity contribution in [1.29, 1.82) is 0 Å². The first kappa shape index (κ1) is 20.5. The summed E-state index contributed by atoms with van der Waals surface area (Å²) in [5.41, 5.74) is 2.41. The van der Waals surface area contributed by atoms with Crippen LogP contribution in [0.4, 0.5) is 0 Å². The minimum absolute atomic E-state index is 0.275. The molecular weight excluding hydrogens is 330 g/mol. The molecule has 1 aliphatic heterocycles. The lowest BCUT2D eigenvalue weighted by Crippen LogP contribution is -2.38. The molecule has 0 amide bonds. The first-order valence-electron chi connectivity index (χ1n) is 9.58. The maximum Gasteiger partial charge on any atom is 0.191 e. The summed E-state index contributed by atoms with van der Waals surface area (Å²) < 4.78 is 16.5. The van der Waals surface area contributed by atoms with Crippen molar-refractivity contribution in [3.8, 4) is 5.75 Å². The van der Waals surface area contributed by atoms with Crippen molar-refractivity contribution >= 4 is 5.96 Å². The number of rotatable bonds is 10. The fraction of sp³-hybridized carbons (Fsp3) is 0.650. The maximum absolute atomic E-state index is 5.77. The fourth-order valence-corrected chi connectivity index (χ4v) is 2.84. The zero-order chi connectivity index (χ0) is 18.6. The molecule has 0 aliphatic carbocycles. The Morgan fingerprint density at radius 1 is 1.35 bits per heavy atom. The molecule has 1 heterocycles. The van der Waals surface area contributed by atoms with Gasteiger partial charge in [-0.3, -0.25) is 4.99 Å². The van der Waals surface area contributed by atoms with Crippen LogP contribution in [0.3, 0.4) is 0 Å². The minimum Gasteiger partial charge on any atom is -0.496 e. The molecule has 1 aliphatic rings. The SMILES string of the molecule is CCNC(=NCCCOC1CCOC1)NCCc1ccc(C)c(OC)c1. The first-order chi connectivity index (χ1) is 12.7. The molecule has 6 nitrogen and oxygen atoms in total. The molecule has 1 aromatic carbocycles. The van der Waals surface area contributed by atoms with Crippen LogP contribution in [0.2, 0.25) is 0 Å². The molecule has 1 atom stereocenters. The van der Waals surface area contributed by atoms with E-state index in [1.54, 1.807) is 7.11 Å². The molecule has 1 aromatic rings. The van der Waals surface area contributed by atoms with Crippen LogP contribution >= 0.6 is 0 Å². The standard InChI is InChI=1S/C20H33N3O3/c1-4-21-20(22-10-5-12-26-18-9-13-25-15-18)23-11-8-17-7-6-16(2)19(14-17)24-3/h6-7,14,18H,4-5,8-13,15H2,1-3H3,(H2,21,22,23). The fourth-order valence-electron chi connectivity index (χ4n) is 2.84. The number of aryl methyl sites for hydroxylation is 1. The van der Waals surface area contributed by atoms with E-state index in [1.807, 2.05) is 0 Å². The summed E-state index contributed by atoms with van der Waals surface area (Å²) in [5, 5.41) is 6.68. The number of hydrogen-bond acceptors (Lipinski definition) is 4. The zero-order valence-electron chi connectivity index (χ0n) is 16.3. The molecule has 0 bridgehead atoms. The smallest absolute Gasteiger partial charge is 0.191 e. The molecule has 1 saturated heterocycles. The molecule has 6 heteroatoms. The lowest BCUT2D eigenvalue weighted by atomic mass is 10.1. The summed E-state index contributed by atoms with van der Waals surface area (Å²) in [7, 11) is 1.71. The third-order valence-electron chi connectivity index (χ3n) is 4.34. The average molecular weight is 364 g/mol. The lowest BCUT2D eigenvalue weighted by molar-refractivity contribution is 0.0424. The third kappa shape index (κ3) is 7.22. The number of methoxy groups -OCH3 is 1. The Labute approximate surface area is 157 Å². The van der Waals surface area contributed by atoms with E-state index in [0.717, 1.165) is 76.0 Å². The van der Waals surface area contributed by atoms with E-state index < -0.39 is 0 Å². The van der Waals surface area contributed by atoms with Gasteiger partial charge in [0.2, 0.25) is 0 Å². The highest BCUT2D eigenvalue weighted by atomic mass is 16.5. The summed E-state index contributed by atoms with van der Waals surface area (Å²) in [6.45, 7) is 8.85. The number of ether oxygens (including phenoxy) is 3. The number of guanidine groups is 1. The van der Waals surface area contributed by atoms with Gasteiger partial charge >= 0.3 is 0 Å². The average Bonchev–Trinajstić information content (AvgIpc) is 3.16. The molecule has 0 aromatic heterocycles. The van der Waals surface area contributed by atoms with Gasteiger partial charge in [0, 0.05) is 32.8 Å². The molecule has 26 heavy (non-hydrogen) atoms. The predicted octanol–water partition coefficient (Wildman–Crippen LogP) is 2.30. The second kappa shape index (κ2) is 11.8. The lowest BCUT2D eigenvalue weighted by Gasteiger charge is -2.13. The number of aliphatic imine (C=N–C) groups is 1. The summed E-state index contributed by atoms with van der Waals surface area (Å²) in [6, 6.07) is 6.35. The highest BCUT2D eigenvalue weighted by Gasteiger charge is 2.15. The summed E-state index contributed by atoms with van der Waals surface area (Å²) in [6.07, 6.45) is 3.13. The highest BCUT2D eigenvalue weighted by Crippen LogP contribution is 2.18. The number of nitrogens with zero attached hydrogens (tertiary/aromatic N) is 1. The van der Waals surface area contributed by atoms with E-state index in [4.69, 9.17) is 14.2 Å². The number of benzene rings is 1. The van der Waals surface area contributed by atoms with Crippen LogP contribution in [0.5, 0.6) is 5.75 Å². The van der Waals surface area contributed by atoms with Crippen molar-refractivity contribution in [1.82, 2.24) is 10.6 Å². The van der Waals surface area contributed by atoms with Gasteiger partial charge in [0.1, 0.15) is 5.75 Å². The van der Waals surface area contributed by atoms with Crippen molar-refractivity contribution in [3.63, 3.8) is 0 Å². The second-order valence-electron chi connectivity index (χ2n) is 6.45. The normalized spacial score (nSPS) is 17.3. The Bertz CT molecular complexity index is 557. The minimum atomic E-state index is 0.275. The van der Waals surface area contributed by atoms with E-state index in [-0.39, 0.29) is 6.10 Å². The Balaban J connectivity index is 1.69. The second-order valence-corrected chi connectivity index (χ2v) is 6.45. The van der Waals surface area contributed by atoms with Gasteiger partial charge in [-0.05, 0) is 50.3 Å². The molecule has 1 fully saturated rings. The molecule has 0 saturated carbocycles. The maximum atomic E-state index is 5.77. The Kier molecular flexibility index (Phi) is 9.28. The first-order valence-corrected chi connectivity index (χ1v) is 9.58. The van der Waals surface area contributed by atoms with E-state index in [0.29, 0.717) is 0 Å². The molecule has 1 unspecified atom stereocenters. The van der Waals surface area contributed by atoms with Crippen LogP contribution in [0.25, 0.3) is 0 Å². The quantitative estimate of drug-likeness (QED) is 0.379. The van der Waals surface area contributed by atoms with Gasteiger partial charge in [-0.15, -0.1) is 0 Å². The van der Waals surface area contributed by atoms with Gasteiger partial charge in [-0.25, -0.2) is 0 Å². The molecular formula is C20H33N3O3. The van der Waals surface area contributed by atoms with E-state index >= 15 is 0 Å². The zero-order valence-corrected chi connectivity index (χ0v) is 16.3. The third-order valence-corrected chi connectivity index (χ3v) is 4.34. The van der Waals surface area contributed by atoms with Crippen LogP contribution in [0.15, 0.2) is 23.2 Å². The molecule has 146 valence electrons. The summed E-state index contributed by atoms with van der Waals surface area (Å²) in [4.78, 5) is 4.62. The van der Waals surface area contributed by atoms with Crippen LogP contribution in [0.1, 0.15) is 30.9 Å². The Morgan fingerprint density at radius 2 is 2.23 bits per heavy atom. The van der Waals surface area contributed by atoms with Gasteiger partial charge in [0.05, 0.1) is 19.8 Å². The number of hydrogen-bond donors (Lipinski definition) is 2. The monoisotopic (exact) mass is 363 g/mol. The molecule has 2 N–H and O–H groups in total. The number of nitrogens with one attached hydrogen (secondary N) is 2. The van der Waals surface area contributed by atoms with E-state index in [1.165, 1.54) is 5.56 Å². The molecule has 0 radical (unpaired) electrons. The van der Waals surface area contributed by atoms with Crippen molar-refractivity contribution < 1.29 is 14.2 Å². The van der Waals surface area contributed by atoms with E-state index in [9.17, 15) is 0 Å². The van der Waals surface area contributed by atoms with Crippen LogP contribution in [-0.4, -0.2) is 58.6 Å². The predicted molar refractivity (Wildman–Crippen MR) is 105 cm³/mol. The van der Waals surface area contributed by atoms with Gasteiger partial charge in [-0.1, -0.05) is 12.1 Å². The summed E-state index contributed by atoms with van der Waals surface area (Å²) in [5.74, 6) is 1.80. The van der Waals surface area contributed by atoms with Gasteiger partial charge in [0.15, 0.2) is 5.96 Å². The van der Waals surface area contributed by atoms with Crippen LogP contribution in [0, 0.1) is 6.92 Å². The van der Waals surface area contributed by atoms with Crippen LogP contribution < -0.4 is 15.4 Å². The van der Waals surface area contributed by atoms with Crippen molar-refractivity contribution in [2.45, 2.75) is 39.2 Å². The van der Waals surface area contributed by atoms with E-state index in [2.05, 4.69) is 47.7 Å². The Morgan fingerprint density at radius 3 is 2.96 bits per heavy atom. The van der Waals surface area contributed by atoms with Crippen LogP contribution in [-0.2, 0) is 15.9 Å². The van der Waals surface area contributed by atoms with Gasteiger partial charge < -0.3 is 24.8 Å². The molecule has 0 spiro atoms. The largest absolute Gasteiger partial charge is 0.496 e. The van der Waals surface area contributed by atoms with Crippen molar-refractivity contribution in [2.24, 2.45) is 4.99 Å². The Hall–Kier alpha value is -1.79. The molecule has 2 rings (SSSR count). The van der Waals surface area contributed by atoms with Crippen molar-refractivity contribution in [2.75, 3.05) is 46.6 Å². The topological polar surface area (TPSA) is 64.1 Å².